The third-order valence-corrected chi connectivity index (χ3v) is 3.10. The van der Waals surface area contributed by atoms with Gasteiger partial charge in [-0.25, -0.2) is 0 Å². The number of rotatable bonds is 3. The van der Waals surface area contributed by atoms with E-state index in [1.165, 1.54) is 35.5 Å². The van der Waals surface area contributed by atoms with Crippen molar-refractivity contribution in [2.75, 3.05) is 0 Å². The Bertz CT molecular complexity index is 209. The van der Waals surface area contributed by atoms with Crippen LogP contribution in [-0.2, 0) is 17.4 Å². The van der Waals surface area contributed by atoms with Gasteiger partial charge in [0.25, 0.3) is 0 Å². The van der Waals surface area contributed by atoms with E-state index in [1.54, 1.807) is 5.57 Å². The molecule has 0 unspecified atom stereocenters. The molecule has 0 saturated carbocycles. The SMILES string of the molecule is CCCCC1=C(C)[C]([V+3])=CC1.[Cl-].[Cl-].[Cl-]. The van der Waals surface area contributed by atoms with Gasteiger partial charge in [0.15, 0.2) is 0 Å². The topological polar surface area (TPSA) is 0 Å². The number of halogens is 3. The quantitative estimate of drug-likeness (QED) is 0.487. The summed E-state index contributed by atoms with van der Waals surface area (Å²) in [7, 11) is 0. The van der Waals surface area contributed by atoms with Crippen molar-refractivity contribution in [1.82, 2.24) is 0 Å². The summed E-state index contributed by atoms with van der Waals surface area (Å²) in [5.41, 5.74) is 3.18. The zero-order valence-electron chi connectivity index (χ0n) is 8.49. The Morgan fingerprint density at radius 1 is 1.29 bits per heavy atom. The number of allylic oxidation sites excluding steroid dienone is 4. The van der Waals surface area contributed by atoms with Gasteiger partial charge in [-0.05, 0) is 0 Å². The third kappa shape index (κ3) is 5.73. The molecular weight excluding hydrogens is 277 g/mol. The fourth-order valence-corrected chi connectivity index (χ4v) is 1.78. The first-order chi connectivity index (χ1) is 5.25. The molecule has 0 aliphatic heterocycles. The smallest absolute Gasteiger partial charge is 1.00 e. The molecule has 0 atom stereocenters. The molecule has 4 heteroatoms. The van der Waals surface area contributed by atoms with E-state index in [0.29, 0.717) is 0 Å². The monoisotopic (exact) mass is 291 g/mol. The molecule has 0 aromatic heterocycles. The molecule has 0 aromatic carbocycles. The van der Waals surface area contributed by atoms with E-state index in [-0.39, 0.29) is 37.2 Å². The van der Waals surface area contributed by atoms with Gasteiger partial charge in [-0.2, -0.15) is 0 Å². The van der Waals surface area contributed by atoms with Crippen molar-refractivity contribution in [3.63, 3.8) is 0 Å². The predicted molar refractivity (Wildman–Crippen MR) is 44.9 cm³/mol. The van der Waals surface area contributed by atoms with Crippen molar-refractivity contribution in [3.05, 3.63) is 21.5 Å². The Kier molecular flexibility index (Phi) is 15.2. The largest absolute Gasteiger partial charge is 1.00 e. The first kappa shape index (κ1) is 20.4. The van der Waals surface area contributed by atoms with Crippen molar-refractivity contribution in [2.45, 2.75) is 39.5 Å². The summed E-state index contributed by atoms with van der Waals surface area (Å²) in [6, 6.07) is 0. The van der Waals surface area contributed by atoms with Crippen LogP contribution in [0.15, 0.2) is 21.5 Å². The first-order valence-corrected chi connectivity index (χ1v) is 5.03. The molecule has 0 radical (unpaired) electrons. The third-order valence-electron chi connectivity index (χ3n) is 2.29. The maximum absolute atomic E-state index is 2.66. The van der Waals surface area contributed by atoms with E-state index < -0.39 is 0 Å². The summed E-state index contributed by atoms with van der Waals surface area (Å²) >= 11 is 2.66. The van der Waals surface area contributed by atoms with Gasteiger partial charge in [0.2, 0.25) is 0 Å². The van der Waals surface area contributed by atoms with Gasteiger partial charge in [0.05, 0.1) is 0 Å². The molecule has 0 fully saturated rings. The van der Waals surface area contributed by atoms with Crippen molar-refractivity contribution in [3.8, 4) is 0 Å². The van der Waals surface area contributed by atoms with Gasteiger partial charge in [-0.1, -0.05) is 0 Å². The summed E-state index contributed by atoms with van der Waals surface area (Å²) in [6.45, 7) is 4.49. The van der Waals surface area contributed by atoms with Crippen LogP contribution in [0, 0.1) is 0 Å². The van der Waals surface area contributed by atoms with Gasteiger partial charge in [0.1, 0.15) is 0 Å². The van der Waals surface area contributed by atoms with Gasteiger partial charge in [-0.15, -0.1) is 0 Å². The zero-order valence-corrected chi connectivity index (χ0v) is 12.2. The van der Waals surface area contributed by atoms with E-state index in [2.05, 4.69) is 37.3 Å². The van der Waals surface area contributed by atoms with Crippen LogP contribution in [0.5, 0.6) is 0 Å². The number of unbranched alkanes of at least 4 members (excludes halogenated alkanes) is 1. The molecule has 0 bridgehead atoms. The maximum Gasteiger partial charge on any atom is -1.00 e. The molecule has 14 heavy (non-hydrogen) atoms. The van der Waals surface area contributed by atoms with Crippen LogP contribution in [0.1, 0.15) is 39.5 Å². The van der Waals surface area contributed by atoms with E-state index in [0.717, 1.165) is 0 Å². The molecule has 1 rings (SSSR count). The molecule has 1 aliphatic carbocycles. The molecular formula is C10H15Cl3V. The Balaban J connectivity index is -0.000000403. The standard InChI is InChI=1S/C10H15.3ClH.V/c1-3-4-7-10-8-5-6-9(10)2;;;;/h5H,3-4,7-8H2,1-2H3;3*1H;/q;;;;+3/p-3. The minimum absolute atomic E-state index is 0. The van der Waals surface area contributed by atoms with E-state index in [9.17, 15) is 0 Å². The van der Waals surface area contributed by atoms with Crippen LogP contribution in [0.2, 0.25) is 0 Å². The van der Waals surface area contributed by atoms with Gasteiger partial charge < -0.3 is 37.2 Å². The van der Waals surface area contributed by atoms with Crippen LogP contribution < -0.4 is 37.2 Å². The van der Waals surface area contributed by atoms with Crippen LogP contribution in [0.3, 0.4) is 0 Å². The fraction of sp³-hybridized carbons (Fsp3) is 0.600. The average molecular weight is 293 g/mol. The Morgan fingerprint density at radius 2 is 1.86 bits per heavy atom. The molecule has 0 saturated heterocycles. The van der Waals surface area contributed by atoms with E-state index in [4.69, 9.17) is 0 Å². The molecule has 1 aliphatic rings. The Morgan fingerprint density at radius 3 is 2.21 bits per heavy atom. The molecule has 0 nitrogen and oxygen atoms in total. The number of hydrogen-bond acceptors (Lipinski definition) is 0. The first-order valence-electron chi connectivity index (χ1n) is 4.33. The summed E-state index contributed by atoms with van der Waals surface area (Å²) in [5, 5.41) is 0. The molecule has 0 spiro atoms. The molecule has 0 amide bonds. The Labute approximate surface area is 115 Å². The summed E-state index contributed by atoms with van der Waals surface area (Å²) < 4.78 is 1.43. The second kappa shape index (κ2) is 10.5. The maximum atomic E-state index is 2.66. The van der Waals surface area contributed by atoms with E-state index >= 15 is 0 Å². The molecule has 0 heterocycles. The average Bonchev–Trinajstić information content (AvgIpc) is 2.31. The van der Waals surface area contributed by atoms with Crippen LogP contribution in [0.25, 0.3) is 0 Å². The van der Waals surface area contributed by atoms with Crippen molar-refractivity contribution >= 4 is 0 Å². The van der Waals surface area contributed by atoms with Gasteiger partial charge >= 0.3 is 78.5 Å². The van der Waals surface area contributed by atoms with Crippen molar-refractivity contribution < 1.29 is 54.6 Å². The molecule has 0 N–H and O–H groups in total. The molecule has 81 valence electrons. The Hall–Kier alpha value is 0.934. The summed E-state index contributed by atoms with van der Waals surface area (Å²) in [4.78, 5) is 0. The normalized spacial score (nSPS) is 13.9. The van der Waals surface area contributed by atoms with Crippen LogP contribution in [-0.4, -0.2) is 0 Å². The van der Waals surface area contributed by atoms with Crippen LogP contribution in [0.4, 0.5) is 0 Å². The van der Waals surface area contributed by atoms with Crippen molar-refractivity contribution in [2.24, 2.45) is 0 Å². The zero-order chi connectivity index (χ0) is 8.27. The predicted octanol–water partition coefficient (Wildman–Crippen LogP) is -5.66. The summed E-state index contributed by atoms with van der Waals surface area (Å²) in [6.07, 6.45) is 7.49. The van der Waals surface area contributed by atoms with Gasteiger partial charge in [-0.3, -0.25) is 0 Å². The second-order valence-electron chi connectivity index (χ2n) is 3.13. The van der Waals surface area contributed by atoms with E-state index in [1.807, 2.05) is 0 Å². The molecule has 0 aromatic rings. The fourth-order valence-electron chi connectivity index (χ4n) is 1.39. The van der Waals surface area contributed by atoms with Crippen molar-refractivity contribution in [1.29, 1.82) is 0 Å². The minimum atomic E-state index is 0. The minimum Gasteiger partial charge on any atom is -1.00 e. The number of hydrogen-bond donors (Lipinski definition) is 0. The van der Waals surface area contributed by atoms with Gasteiger partial charge in [0, 0.05) is 0 Å². The second-order valence-corrected chi connectivity index (χ2v) is 3.88. The van der Waals surface area contributed by atoms with Crippen LogP contribution >= 0.6 is 0 Å². The summed E-state index contributed by atoms with van der Waals surface area (Å²) in [5.74, 6) is 0.